The van der Waals surface area contributed by atoms with Crippen LogP contribution in [0.2, 0.25) is 5.02 Å². The summed E-state index contributed by atoms with van der Waals surface area (Å²) >= 11 is 5.88. The lowest BCUT2D eigenvalue weighted by Crippen LogP contribution is -2.49. The summed E-state index contributed by atoms with van der Waals surface area (Å²) in [5.41, 5.74) is 6.63. The van der Waals surface area contributed by atoms with Crippen LogP contribution in [0.15, 0.2) is 24.3 Å². The van der Waals surface area contributed by atoms with Crippen molar-refractivity contribution in [3.05, 3.63) is 29.3 Å². The van der Waals surface area contributed by atoms with Crippen LogP contribution in [0.1, 0.15) is 0 Å². The Labute approximate surface area is 113 Å². The molecule has 0 spiro atoms. The second kappa shape index (κ2) is 6.38. The van der Waals surface area contributed by atoms with Crippen molar-refractivity contribution < 1.29 is 5.11 Å². The molecule has 3 N–H and O–H groups in total. The molecule has 4 nitrogen and oxygen atoms in total. The van der Waals surface area contributed by atoms with Crippen molar-refractivity contribution in [1.82, 2.24) is 4.90 Å². The Kier molecular flexibility index (Phi) is 4.83. The van der Waals surface area contributed by atoms with Crippen molar-refractivity contribution in [2.45, 2.75) is 6.10 Å². The number of hydrogen-bond acceptors (Lipinski definition) is 4. The normalized spacial score (nSPS) is 18.9. The highest BCUT2D eigenvalue weighted by Gasteiger charge is 2.18. The molecule has 1 saturated heterocycles. The summed E-state index contributed by atoms with van der Waals surface area (Å²) in [6.45, 7) is 4.86. The van der Waals surface area contributed by atoms with Gasteiger partial charge in [-0.2, -0.15) is 0 Å². The second-order valence-electron chi connectivity index (χ2n) is 4.65. The summed E-state index contributed by atoms with van der Waals surface area (Å²) in [5, 5.41) is 10.3. The number of piperazine rings is 1. The van der Waals surface area contributed by atoms with E-state index in [0.29, 0.717) is 13.1 Å². The van der Waals surface area contributed by atoms with E-state index in [1.165, 1.54) is 5.69 Å². The number of rotatable bonds is 4. The number of hydrogen-bond donors (Lipinski definition) is 2. The van der Waals surface area contributed by atoms with Gasteiger partial charge in [0, 0.05) is 50.0 Å². The molecule has 1 fully saturated rings. The Morgan fingerprint density at radius 2 is 1.78 bits per heavy atom. The van der Waals surface area contributed by atoms with E-state index in [0.717, 1.165) is 31.2 Å². The molecule has 2 rings (SSSR count). The Morgan fingerprint density at radius 3 is 2.33 bits per heavy atom. The molecule has 0 bridgehead atoms. The van der Waals surface area contributed by atoms with E-state index in [-0.39, 0.29) is 0 Å². The summed E-state index contributed by atoms with van der Waals surface area (Å²) in [6, 6.07) is 7.93. The van der Waals surface area contributed by atoms with Crippen LogP contribution in [0, 0.1) is 0 Å². The Hall–Kier alpha value is -0.810. The number of β-amino-alcohol motifs (C(OH)–C–C–N with tert-alkyl or cyclic N) is 1. The Morgan fingerprint density at radius 1 is 1.17 bits per heavy atom. The summed E-state index contributed by atoms with van der Waals surface area (Å²) < 4.78 is 0. The molecule has 1 atom stereocenters. The highest BCUT2D eigenvalue weighted by atomic mass is 35.5. The first kappa shape index (κ1) is 13.6. The van der Waals surface area contributed by atoms with Gasteiger partial charge in [0.15, 0.2) is 0 Å². The molecule has 0 aromatic heterocycles. The predicted molar refractivity (Wildman–Crippen MR) is 75.2 cm³/mol. The standard InChI is InChI=1S/C13H20ClN3O/c14-11-1-3-12(4-2-11)17-7-5-16(6-8-17)10-13(18)9-15/h1-4,13,18H,5-10,15H2/t13-/m1/s1. The molecule has 1 aromatic rings. The number of benzene rings is 1. The van der Waals surface area contributed by atoms with Crippen LogP contribution in [-0.4, -0.2) is 55.4 Å². The van der Waals surface area contributed by atoms with E-state index in [1.807, 2.05) is 24.3 Å². The average molecular weight is 270 g/mol. The van der Waals surface area contributed by atoms with Crippen LogP contribution in [0.4, 0.5) is 5.69 Å². The van der Waals surface area contributed by atoms with Gasteiger partial charge in [-0.25, -0.2) is 0 Å². The molecule has 1 aliphatic rings. The van der Waals surface area contributed by atoms with Crippen LogP contribution in [0.5, 0.6) is 0 Å². The zero-order chi connectivity index (χ0) is 13.0. The highest BCUT2D eigenvalue weighted by Crippen LogP contribution is 2.19. The van der Waals surface area contributed by atoms with E-state index in [1.54, 1.807) is 0 Å². The smallest absolute Gasteiger partial charge is 0.0789 e. The van der Waals surface area contributed by atoms with Gasteiger partial charge in [0.05, 0.1) is 6.10 Å². The maximum atomic E-state index is 9.53. The summed E-state index contributed by atoms with van der Waals surface area (Å²) in [5.74, 6) is 0. The third-order valence-corrected chi connectivity index (χ3v) is 3.56. The van der Waals surface area contributed by atoms with E-state index >= 15 is 0 Å². The maximum absolute atomic E-state index is 9.53. The lowest BCUT2D eigenvalue weighted by molar-refractivity contribution is 0.115. The van der Waals surface area contributed by atoms with Crippen LogP contribution < -0.4 is 10.6 Å². The van der Waals surface area contributed by atoms with Crippen LogP contribution in [0.25, 0.3) is 0 Å². The quantitative estimate of drug-likeness (QED) is 0.848. The third kappa shape index (κ3) is 3.59. The fourth-order valence-electron chi connectivity index (χ4n) is 2.21. The van der Waals surface area contributed by atoms with Gasteiger partial charge < -0.3 is 15.7 Å². The van der Waals surface area contributed by atoms with E-state index in [4.69, 9.17) is 17.3 Å². The second-order valence-corrected chi connectivity index (χ2v) is 5.09. The number of anilines is 1. The van der Waals surface area contributed by atoms with Gasteiger partial charge >= 0.3 is 0 Å². The molecule has 0 aliphatic carbocycles. The first-order valence-corrected chi connectivity index (χ1v) is 6.68. The van der Waals surface area contributed by atoms with E-state index in [2.05, 4.69) is 9.80 Å². The molecule has 0 radical (unpaired) electrons. The molecule has 0 amide bonds. The number of nitrogens with two attached hydrogens (primary N) is 1. The van der Waals surface area contributed by atoms with Gasteiger partial charge in [-0.1, -0.05) is 11.6 Å². The molecular formula is C13H20ClN3O. The molecule has 5 heteroatoms. The minimum atomic E-state index is -0.410. The zero-order valence-electron chi connectivity index (χ0n) is 10.4. The molecule has 18 heavy (non-hydrogen) atoms. The van der Waals surface area contributed by atoms with Gasteiger partial charge in [0.2, 0.25) is 0 Å². The molecular weight excluding hydrogens is 250 g/mol. The SMILES string of the molecule is NC[C@@H](O)CN1CCN(c2ccc(Cl)cc2)CC1. The molecule has 0 unspecified atom stereocenters. The van der Waals surface area contributed by atoms with Crippen LogP contribution in [-0.2, 0) is 0 Å². The summed E-state index contributed by atoms with van der Waals surface area (Å²) in [6.07, 6.45) is -0.410. The number of nitrogens with zero attached hydrogens (tertiary/aromatic N) is 2. The minimum Gasteiger partial charge on any atom is -0.390 e. The van der Waals surface area contributed by atoms with Crippen molar-refractivity contribution in [1.29, 1.82) is 0 Å². The number of aliphatic hydroxyl groups is 1. The fraction of sp³-hybridized carbons (Fsp3) is 0.538. The van der Waals surface area contributed by atoms with Gasteiger partial charge in [-0.05, 0) is 24.3 Å². The molecule has 1 aromatic carbocycles. The summed E-state index contributed by atoms with van der Waals surface area (Å²) in [4.78, 5) is 4.59. The fourth-order valence-corrected chi connectivity index (χ4v) is 2.34. The van der Waals surface area contributed by atoms with Crippen molar-refractivity contribution >= 4 is 17.3 Å². The predicted octanol–water partition coefficient (Wildman–Crippen LogP) is 0.782. The average Bonchev–Trinajstić information content (AvgIpc) is 2.40. The molecule has 100 valence electrons. The van der Waals surface area contributed by atoms with Crippen molar-refractivity contribution in [3.8, 4) is 0 Å². The van der Waals surface area contributed by atoms with Gasteiger partial charge in [0.25, 0.3) is 0 Å². The molecule has 1 heterocycles. The first-order chi connectivity index (χ1) is 8.69. The number of aliphatic hydroxyl groups excluding tert-OH is 1. The van der Waals surface area contributed by atoms with E-state index in [9.17, 15) is 5.11 Å². The first-order valence-electron chi connectivity index (χ1n) is 6.30. The monoisotopic (exact) mass is 269 g/mol. The minimum absolute atomic E-state index is 0.331. The van der Waals surface area contributed by atoms with Gasteiger partial charge in [0.1, 0.15) is 0 Å². The van der Waals surface area contributed by atoms with Crippen molar-refractivity contribution in [3.63, 3.8) is 0 Å². The topological polar surface area (TPSA) is 52.7 Å². The van der Waals surface area contributed by atoms with Gasteiger partial charge in [-0.15, -0.1) is 0 Å². The Bertz CT molecular complexity index is 363. The highest BCUT2D eigenvalue weighted by molar-refractivity contribution is 6.30. The zero-order valence-corrected chi connectivity index (χ0v) is 11.2. The number of halogens is 1. The van der Waals surface area contributed by atoms with Gasteiger partial charge in [-0.3, -0.25) is 4.90 Å². The largest absolute Gasteiger partial charge is 0.390 e. The molecule has 0 saturated carbocycles. The van der Waals surface area contributed by atoms with E-state index < -0.39 is 6.10 Å². The summed E-state index contributed by atoms with van der Waals surface area (Å²) in [7, 11) is 0. The van der Waals surface area contributed by atoms with Crippen LogP contribution >= 0.6 is 11.6 Å². The third-order valence-electron chi connectivity index (χ3n) is 3.31. The lowest BCUT2D eigenvalue weighted by Gasteiger charge is -2.36. The maximum Gasteiger partial charge on any atom is 0.0789 e. The Balaban J connectivity index is 1.84. The van der Waals surface area contributed by atoms with Crippen LogP contribution in [0.3, 0.4) is 0 Å². The lowest BCUT2D eigenvalue weighted by atomic mass is 10.2. The van der Waals surface area contributed by atoms with Crippen molar-refractivity contribution in [2.75, 3.05) is 44.2 Å². The van der Waals surface area contributed by atoms with Crippen molar-refractivity contribution in [2.24, 2.45) is 5.73 Å². The molecule has 1 aliphatic heterocycles.